The summed E-state index contributed by atoms with van der Waals surface area (Å²) in [7, 11) is 1.66. The number of nitrogens with one attached hydrogen (secondary N) is 1. The maximum absolute atomic E-state index is 11.8. The van der Waals surface area contributed by atoms with Gasteiger partial charge in [-0.25, -0.2) is 4.98 Å². The molecule has 1 amide bonds. The van der Waals surface area contributed by atoms with E-state index < -0.39 is 0 Å². The fourth-order valence-electron chi connectivity index (χ4n) is 1.49. The molecule has 0 fully saturated rings. The van der Waals surface area contributed by atoms with Crippen LogP contribution in [0.5, 0.6) is 5.75 Å². The number of phenolic OH excluding ortho intramolecular Hbond substituents is 1. The van der Waals surface area contributed by atoms with E-state index in [2.05, 4.69) is 15.2 Å². The molecule has 6 heteroatoms. The zero-order chi connectivity index (χ0) is 12.3. The van der Waals surface area contributed by atoms with Gasteiger partial charge in [0.2, 0.25) is 5.82 Å². The number of aromatic hydroxyl groups is 1. The van der Waals surface area contributed by atoms with E-state index in [-0.39, 0.29) is 17.5 Å². The average Bonchev–Trinajstić information content (AvgIpc) is 2.81. The van der Waals surface area contributed by atoms with Crippen molar-refractivity contribution in [3.8, 4) is 5.75 Å². The van der Waals surface area contributed by atoms with Crippen molar-refractivity contribution < 1.29 is 9.90 Å². The van der Waals surface area contributed by atoms with E-state index in [0.717, 1.165) is 5.56 Å². The quantitative estimate of drug-likeness (QED) is 0.819. The third-order valence-electron chi connectivity index (χ3n) is 2.29. The molecule has 1 aromatic heterocycles. The van der Waals surface area contributed by atoms with Crippen LogP contribution < -0.4 is 0 Å². The van der Waals surface area contributed by atoms with E-state index >= 15 is 0 Å². The lowest BCUT2D eigenvalue weighted by molar-refractivity contribution is 0.0773. The zero-order valence-corrected chi connectivity index (χ0v) is 9.29. The smallest absolute Gasteiger partial charge is 0.291 e. The summed E-state index contributed by atoms with van der Waals surface area (Å²) < 4.78 is 0. The number of carbonyl (C=O) groups excluding carboxylic acids is 1. The highest BCUT2D eigenvalue weighted by Crippen LogP contribution is 2.12. The molecule has 0 bridgehead atoms. The number of carbonyl (C=O) groups is 1. The maximum atomic E-state index is 11.8. The van der Waals surface area contributed by atoms with Crippen molar-refractivity contribution in [1.82, 2.24) is 20.1 Å². The van der Waals surface area contributed by atoms with Crippen molar-refractivity contribution in [2.75, 3.05) is 7.05 Å². The van der Waals surface area contributed by atoms with Gasteiger partial charge in [0, 0.05) is 13.6 Å². The van der Waals surface area contributed by atoms with E-state index in [1.54, 1.807) is 25.2 Å². The Bertz CT molecular complexity index is 510. The number of aromatic nitrogens is 3. The molecule has 0 unspecified atom stereocenters. The van der Waals surface area contributed by atoms with E-state index in [0.29, 0.717) is 6.54 Å². The Morgan fingerprint density at radius 1 is 1.53 bits per heavy atom. The van der Waals surface area contributed by atoms with Crippen LogP contribution in [0.2, 0.25) is 0 Å². The van der Waals surface area contributed by atoms with Crippen LogP contribution in [0, 0.1) is 0 Å². The van der Waals surface area contributed by atoms with Gasteiger partial charge in [0.15, 0.2) is 0 Å². The predicted molar refractivity (Wildman–Crippen MR) is 60.3 cm³/mol. The molecule has 0 atom stereocenters. The average molecular weight is 232 g/mol. The van der Waals surface area contributed by atoms with Gasteiger partial charge in [-0.3, -0.25) is 9.89 Å². The molecule has 0 aliphatic carbocycles. The molecule has 0 spiro atoms. The summed E-state index contributed by atoms with van der Waals surface area (Å²) in [6, 6.07) is 6.77. The molecule has 0 saturated carbocycles. The summed E-state index contributed by atoms with van der Waals surface area (Å²) in [6.45, 7) is 0.397. The maximum Gasteiger partial charge on any atom is 0.291 e. The van der Waals surface area contributed by atoms with Crippen LogP contribution in [0.1, 0.15) is 16.2 Å². The number of H-pyrrole nitrogens is 1. The van der Waals surface area contributed by atoms with Crippen molar-refractivity contribution in [2.45, 2.75) is 6.54 Å². The van der Waals surface area contributed by atoms with Gasteiger partial charge in [-0.2, -0.15) is 5.10 Å². The van der Waals surface area contributed by atoms with Crippen molar-refractivity contribution in [3.63, 3.8) is 0 Å². The molecule has 0 radical (unpaired) electrons. The standard InChI is InChI=1S/C11H12N4O2/c1-15(11(17)10-12-7-13-14-10)6-8-3-2-4-9(16)5-8/h2-5,7,16H,6H2,1H3,(H,12,13,14). The molecule has 2 aromatic rings. The lowest BCUT2D eigenvalue weighted by atomic mass is 10.2. The highest BCUT2D eigenvalue weighted by Gasteiger charge is 2.14. The molecule has 2 N–H and O–H groups in total. The number of amides is 1. The topological polar surface area (TPSA) is 82.1 Å². The Kier molecular flexibility index (Phi) is 3.04. The minimum Gasteiger partial charge on any atom is -0.508 e. The van der Waals surface area contributed by atoms with Gasteiger partial charge in [0.05, 0.1) is 0 Å². The molecule has 2 rings (SSSR count). The second kappa shape index (κ2) is 4.65. The van der Waals surface area contributed by atoms with Crippen LogP contribution in [0.3, 0.4) is 0 Å². The highest BCUT2D eigenvalue weighted by atomic mass is 16.3. The van der Waals surface area contributed by atoms with Gasteiger partial charge in [-0.1, -0.05) is 12.1 Å². The van der Waals surface area contributed by atoms with Crippen molar-refractivity contribution in [1.29, 1.82) is 0 Å². The van der Waals surface area contributed by atoms with Crippen molar-refractivity contribution >= 4 is 5.91 Å². The first kappa shape index (κ1) is 11.1. The van der Waals surface area contributed by atoms with Gasteiger partial charge >= 0.3 is 0 Å². The van der Waals surface area contributed by atoms with Crippen LogP contribution >= 0.6 is 0 Å². The number of benzene rings is 1. The predicted octanol–water partition coefficient (Wildman–Crippen LogP) is 0.782. The van der Waals surface area contributed by atoms with E-state index in [1.807, 2.05) is 6.07 Å². The first-order chi connectivity index (χ1) is 8.16. The molecular formula is C11H12N4O2. The van der Waals surface area contributed by atoms with Crippen molar-refractivity contribution in [3.05, 3.63) is 42.0 Å². The molecule has 1 aromatic carbocycles. The highest BCUT2D eigenvalue weighted by molar-refractivity contribution is 5.90. The fraction of sp³-hybridized carbons (Fsp3) is 0.182. The van der Waals surface area contributed by atoms with Gasteiger partial charge < -0.3 is 10.0 Å². The molecule has 1 heterocycles. The molecule has 6 nitrogen and oxygen atoms in total. The van der Waals surface area contributed by atoms with Crippen LogP contribution in [0.4, 0.5) is 0 Å². The number of nitrogens with zero attached hydrogens (tertiary/aromatic N) is 3. The number of aromatic amines is 1. The third-order valence-corrected chi connectivity index (χ3v) is 2.29. The summed E-state index contributed by atoms with van der Waals surface area (Å²) in [6.07, 6.45) is 1.29. The van der Waals surface area contributed by atoms with E-state index in [1.165, 1.54) is 11.2 Å². The fourth-order valence-corrected chi connectivity index (χ4v) is 1.49. The Hall–Kier alpha value is -2.37. The second-order valence-corrected chi connectivity index (χ2v) is 3.67. The molecule has 17 heavy (non-hydrogen) atoms. The summed E-state index contributed by atoms with van der Waals surface area (Å²) in [5.74, 6) is 0.140. The minimum atomic E-state index is -0.245. The summed E-state index contributed by atoms with van der Waals surface area (Å²) >= 11 is 0. The summed E-state index contributed by atoms with van der Waals surface area (Å²) in [4.78, 5) is 17.1. The summed E-state index contributed by atoms with van der Waals surface area (Å²) in [5, 5.41) is 15.5. The van der Waals surface area contributed by atoms with Gasteiger partial charge in [0.1, 0.15) is 12.1 Å². The summed E-state index contributed by atoms with van der Waals surface area (Å²) in [5.41, 5.74) is 0.848. The number of phenols is 1. The van der Waals surface area contributed by atoms with Crippen LogP contribution in [-0.4, -0.2) is 38.1 Å². The van der Waals surface area contributed by atoms with Gasteiger partial charge in [-0.05, 0) is 17.7 Å². The number of rotatable bonds is 3. The van der Waals surface area contributed by atoms with Gasteiger partial charge in [0.25, 0.3) is 5.91 Å². The Labute approximate surface area is 97.9 Å². The number of hydrogen-bond donors (Lipinski definition) is 2. The Morgan fingerprint density at radius 2 is 2.35 bits per heavy atom. The zero-order valence-electron chi connectivity index (χ0n) is 9.29. The molecule has 0 aliphatic heterocycles. The first-order valence-electron chi connectivity index (χ1n) is 5.05. The van der Waals surface area contributed by atoms with Crippen molar-refractivity contribution in [2.24, 2.45) is 0 Å². The van der Waals surface area contributed by atoms with Gasteiger partial charge in [-0.15, -0.1) is 0 Å². The van der Waals surface area contributed by atoms with E-state index in [9.17, 15) is 9.90 Å². The minimum absolute atomic E-state index is 0.183. The lowest BCUT2D eigenvalue weighted by Crippen LogP contribution is -2.27. The Morgan fingerprint density at radius 3 is 3.00 bits per heavy atom. The Balaban J connectivity index is 2.07. The molecule has 0 aliphatic rings. The van der Waals surface area contributed by atoms with Crippen LogP contribution in [-0.2, 0) is 6.54 Å². The normalized spacial score (nSPS) is 10.2. The number of hydrogen-bond acceptors (Lipinski definition) is 4. The van der Waals surface area contributed by atoms with Crippen LogP contribution in [0.25, 0.3) is 0 Å². The molecule has 88 valence electrons. The second-order valence-electron chi connectivity index (χ2n) is 3.67. The lowest BCUT2D eigenvalue weighted by Gasteiger charge is -2.15. The monoisotopic (exact) mass is 232 g/mol. The third kappa shape index (κ3) is 2.60. The van der Waals surface area contributed by atoms with Crippen LogP contribution in [0.15, 0.2) is 30.6 Å². The molecular weight excluding hydrogens is 220 g/mol. The van der Waals surface area contributed by atoms with E-state index in [4.69, 9.17) is 0 Å². The largest absolute Gasteiger partial charge is 0.508 e. The SMILES string of the molecule is CN(Cc1cccc(O)c1)C(=O)c1ncn[nH]1. The molecule has 0 saturated heterocycles. The first-order valence-corrected chi connectivity index (χ1v) is 5.05.